The molecule has 1 amide bonds. The van der Waals surface area contributed by atoms with Crippen LogP contribution in [0, 0.1) is 0 Å². The van der Waals surface area contributed by atoms with Gasteiger partial charge in [-0.1, -0.05) is 78.9 Å². The molecular formula is C30H27N3O5. The number of carbonyl (C=O) groups excluding carboxylic acids is 3. The summed E-state index contributed by atoms with van der Waals surface area (Å²) in [7, 11) is 2.51. The number of hydrazone groups is 1. The van der Waals surface area contributed by atoms with Crippen LogP contribution in [0.15, 0.2) is 107 Å². The summed E-state index contributed by atoms with van der Waals surface area (Å²) in [5, 5.41) is 6.06. The lowest BCUT2D eigenvalue weighted by Crippen LogP contribution is -2.59. The third-order valence-electron chi connectivity index (χ3n) is 7.08. The highest BCUT2D eigenvalue weighted by molar-refractivity contribution is 6.26. The van der Waals surface area contributed by atoms with Crippen LogP contribution in [0.4, 0.5) is 5.69 Å². The fraction of sp³-hybridized carbons (Fsp3) is 0.200. The molecular weight excluding hydrogens is 482 g/mol. The lowest BCUT2D eigenvalue weighted by atomic mass is 9.73. The minimum Gasteiger partial charge on any atom is -0.466 e. The lowest BCUT2D eigenvalue weighted by molar-refractivity contribution is -0.140. The van der Waals surface area contributed by atoms with E-state index in [0.29, 0.717) is 17.0 Å². The van der Waals surface area contributed by atoms with Gasteiger partial charge >= 0.3 is 11.9 Å². The zero-order valence-electron chi connectivity index (χ0n) is 21.3. The summed E-state index contributed by atoms with van der Waals surface area (Å²) in [6.45, 7) is 1.90. The predicted octanol–water partition coefficient (Wildman–Crippen LogP) is 4.05. The van der Waals surface area contributed by atoms with Gasteiger partial charge in [-0.3, -0.25) is 4.79 Å². The summed E-state index contributed by atoms with van der Waals surface area (Å²) in [4.78, 5) is 43.2. The molecule has 0 radical (unpaired) electrons. The Labute approximate surface area is 220 Å². The molecule has 8 heteroatoms. The maximum absolute atomic E-state index is 14.7. The van der Waals surface area contributed by atoms with Crippen molar-refractivity contribution in [2.24, 2.45) is 5.10 Å². The van der Waals surface area contributed by atoms with Crippen molar-refractivity contribution >= 4 is 29.2 Å². The molecule has 2 unspecified atom stereocenters. The second kappa shape index (κ2) is 9.97. The summed E-state index contributed by atoms with van der Waals surface area (Å²) < 4.78 is 10.4. The number of carbonyl (C=O) groups is 3. The zero-order chi connectivity index (χ0) is 26.9. The summed E-state index contributed by atoms with van der Waals surface area (Å²) in [6, 6.07) is 27.7. The maximum atomic E-state index is 14.7. The fourth-order valence-electron chi connectivity index (χ4n) is 5.46. The smallest absolute Gasteiger partial charge is 0.354 e. The minimum absolute atomic E-state index is 0.0186. The van der Waals surface area contributed by atoms with E-state index in [0.717, 1.165) is 5.56 Å². The first-order chi connectivity index (χ1) is 18.4. The Morgan fingerprint density at radius 3 is 1.97 bits per heavy atom. The number of rotatable bonds is 6. The Bertz CT molecular complexity index is 1440. The molecule has 3 aromatic carbocycles. The van der Waals surface area contributed by atoms with E-state index in [1.807, 2.05) is 78.9 Å². The van der Waals surface area contributed by atoms with Gasteiger partial charge in [0.1, 0.15) is 5.70 Å². The van der Waals surface area contributed by atoms with Crippen LogP contribution in [0.5, 0.6) is 0 Å². The fourth-order valence-corrected chi connectivity index (χ4v) is 5.46. The topological polar surface area (TPSA) is 88.5 Å². The van der Waals surface area contributed by atoms with Crippen molar-refractivity contribution in [1.29, 1.82) is 0 Å². The molecule has 38 heavy (non-hydrogen) atoms. The molecule has 0 bridgehead atoms. The molecule has 0 saturated carbocycles. The predicted molar refractivity (Wildman–Crippen MR) is 142 cm³/mol. The molecule has 0 aromatic heterocycles. The van der Waals surface area contributed by atoms with Gasteiger partial charge in [-0.15, -0.1) is 0 Å². The van der Waals surface area contributed by atoms with Crippen LogP contribution in [0.25, 0.3) is 0 Å². The SMILES string of the molecule is COC(=O)C1=C(C(=O)OC)N(Cc2ccccc2)C2(C(=O)N(c3ccccc3)N=C2C)C1c1ccccc1. The molecule has 1 spiro atoms. The summed E-state index contributed by atoms with van der Waals surface area (Å²) in [5.41, 5.74) is 1.03. The number of hydrogen-bond donors (Lipinski definition) is 0. The molecule has 192 valence electrons. The Kier molecular flexibility index (Phi) is 6.55. The van der Waals surface area contributed by atoms with Crippen molar-refractivity contribution in [2.45, 2.75) is 24.9 Å². The van der Waals surface area contributed by atoms with Crippen molar-refractivity contribution in [1.82, 2.24) is 4.90 Å². The number of hydrogen-bond acceptors (Lipinski definition) is 7. The Morgan fingerprint density at radius 1 is 0.842 bits per heavy atom. The highest BCUT2D eigenvalue weighted by atomic mass is 16.5. The summed E-state index contributed by atoms with van der Waals surface area (Å²) >= 11 is 0. The number of esters is 2. The van der Waals surface area contributed by atoms with Gasteiger partial charge in [0.15, 0.2) is 5.54 Å². The molecule has 2 atom stereocenters. The summed E-state index contributed by atoms with van der Waals surface area (Å²) in [6.07, 6.45) is 0. The third-order valence-corrected chi connectivity index (χ3v) is 7.08. The summed E-state index contributed by atoms with van der Waals surface area (Å²) in [5.74, 6) is -2.73. The average molecular weight is 510 g/mol. The largest absolute Gasteiger partial charge is 0.466 e. The van der Waals surface area contributed by atoms with Gasteiger partial charge in [-0.05, 0) is 30.2 Å². The highest BCUT2D eigenvalue weighted by Gasteiger charge is 2.67. The Balaban J connectivity index is 1.82. The first-order valence-electron chi connectivity index (χ1n) is 12.2. The highest BCUT2D eigenvalue weighted by Crippen LogP contribution is 2.53. The van der Waals surface area contributed by atoms with E-state index in [1.165, 1.54) is 19.2 Å². The second-order valence-electron chi connectivity index (χ2n) is 9.07. The minimum atomic E-state index is -1.53. The molecule has 2 aliphatic rings. The standard InChI is InChI=1S/C30H27N3O5/c1-20-30(29(36)33(31-20)23-17-11-6-12-18-23)25(22-15-9-5-10-16-22)24(27(34)37-2)26(28(35)38-3)32(30)19-21-13-7-4-8-14-21/h4-18,25H,19H2,1-3H3. The van der Waals surface area contributed by atoms with Gasteiger partial charge in [0.05, 0.1) is 37.1 Å². The number of ether oxygens (including phenoxy) is 2. The van der Waals surface area contributed by atoms with Crippen LogP contribution < -0.4 is 5.01 Å². The van der Waals surface area contributed by atoms with Crippen molar-refractivity contribution in [3.05, 3.63) is 113 Å². The molecule has 8 nitrogen and oxygen atoms in total. The van der Waals surface area contributed by atoms with Crippen LogP contribution >= 0.6 is 0 Å². The van der Waals surface area contributed by atoms with E-state index in [9.17, 15) is 14.4 Å². The number of para-hydroxylation sites is 1. The normalized spacial score (nSPS) is 20.7. The maximum Gasteiger partial charge on any atom is 0.354 e. The molecule has 0 saturated heterocycles. The molecule has 0 aliphatic carbocycles. The number of nitrogens with zero attached hydrogens (tertiary/aromatic N) is 3. The Hall–Kier alpha value is -4.72. The molecule has 2 heterocycles. The zero-order valence-corrected chi connectivity index (χ0v) is 21.3. The van der Waals surface area contributed by atoms with E-state index >= 15 is 0 Å². The number of methoxy groups -OCH3 is 2. The van der Waals surface area contributed by atoms with Crippen molar-refractivity contribution in [3.8, 4) is 0 Å². The van der Waals surface area contributed by atoms with E-state index in [4.69, 9.17) is 14.6 Å². The van der Waals surface area contributed by atoms with Crippen LogP contribution in [-0.2, 0) is 30.4 Å². The van der Waals surface area contributed by atoms with E-state index < -0.39 is 23.4 Å². The average Bonchev–Trinajstić information content (AvgIpc) is 3.41. The van der Waals surface area contributed by atoms with Crippen LogP contribution in [0.2, 0.25) is 0 Å². The first kappa shape index (κ1) is 25.0. The van der Waals surface area contributed by atoms with E-state index in [-0.39, 0.29) is 23.7 Å². The second-order valence-corrected chi connectivity index (χ2v) is 9.07. The molecule has 5 rings (SSSR count). The quantitative estimate of drug-likeness (QED) is 0.466. The van der Waals surface area contributed by atoms with Gasteiger partial charge in [0.25, 0.3) is 5.91 Å². The van der Waals surface area contributed by atoms with Crippen molar-refractivity contribution < 1.29 is 23.9 Å². The number of anilines is 1. The van der Waals surface area contributed by atoms with E-state index in [2.05, 4.69) is 0 Å². The van der Waals surface area contributed by atoms with E-state index in [1.54, 1.807) is 24.0 Å². The van der Waals surface area contributed by atoms with Crippen LogP contribution in [0.3, 0.4) is 0 Å². The van der Waals surface area contributed by atoms with Crippen molar-refractivity contribution in [3.63, 3.8) is 0 Å². The van der Waals surface area contributed by atoms with Gasteiger partial charge < -0.3 is 14.4 Å². The number of amides is 1. The Morgan fingerprint density at radius 2 is 1.39 bits per heavy atom. The molecule has 0 fully saturated rings. The molecule has 3 aromatic rings. The van der Waals surface area contributed by atoms with Gasteiger partial charge in [-0.25, -0.2) is 9.59 Å². The molecule has 2 aliphatic heterocycles. The number of benzene rings is 3. The van der Waals surface area contributed by atoms with Gasteiger partial charge in [-0.2, -0.15) is 10.1 Å². The monoisotopic (exact) mass is 509 g/mol. The van der Waals surface area contributed by atoms with Gasteiger partial charge in [0.2, 0.25) is 0 Å². The lowest BCUT2D eigenvalue weighted by Gasteiger charge is -2.40. The third kappa shape index (κ3) is 3.76. The van der Waals surface area contributed by atoms with Gasteiger partial charge in [0, 0.05) is 6.54 Å². The van der Waals surface area contributed by atoms with Crippen LogP contribution in [-0.4, -0.2) is 48.2 Å². The van der Waals surface area contributed by atoms with Crippen LogP contribution in [0.1, 0.15) is 24.0 Å². The molecule has 0 N–H and O–H groups in total. The van der Waals surface area contributed by atoms with Crippen molar-refractivity contribution in [2.75, 3.05) is 19.2 Å². The first-order valence-corrected chi connectivity index (χ1v) is 12.2.